The van der Waals surface area contributed by atoms with Crippen molar-refractivity contribution in [1.82, 2.24) is 5.43 Å². The Morgan fingerprint density at radius 2 is 2.12 bits per heavy atom. The minimum atomic E-state index is 0.318. The van der Waals surface area contributed by atoms with Gasteiger partial charge in [-0.15, -0.1) is 0 Å². The first kappa shape index (κ1) is 11.2. The highest BCUT2D eigenvalue weighted by Gasteiger charge is 2.47. The number of ether oxygens (including phenoxy) is 1. The Balaban J connectivity index is 1.66. The van der Waals surface area contributed by atoms with Crippen LogP contribution in [-0.4, -0.2) is 18.8 Å². The zero-order valence-corrected chi connectivity index (χ0v) is 10.0. The van der Waals surface area contributed by atoms with Crippen molar-refractivity contribution >= 4 is 0 Å². The lowest BCUT2D eigenvalue weighted by Crippen LogP contribution is -2.45. The van der Waals surface area contributed by atoms with E-state index in [1.165, 1.54) is 18.4 Å². The van der Waals surface area contributed by atoms with Crippen LogP contribution in [0, 0.1) is 5.92 Å². The summed E-state index contributed by atoms with van der Waals surface area (Å²) in [6.07, 6.45) is 3.87. The zero-order chi connectivity index (χ0) is 11.7. The molecule has 4 atom stereocenters. The van der Waals surface area contributed by atoms with E-state index in [0.717, 1.165) is 13.0 Å². The smallest absolute Gasteiger partial charge is 0.0745 e. The molecule has 1 aliphatic carbocycles. The number of nitrogens with one attached hydrogen (secondary N) is 1. The largest absolute Gasteiger partial charge is 0.377 e. The highest BCUT2D eigenvalue weighted by Crippen LogP contribution is 2.50. The first-order chi connectivity index (χ1) is 8.40. The summed E-state index contributed by atoms with van der Waals surface area (Å²) in [6, 6.07) is 11.0. The number of hydrogen-bond acceptors (Lipinski definition) is 3. The van der Waals surface area contributed by atoms with Crippen LogP contribution in [0.2, 0.25) is 0 Å². The first-order valence-corrected chi connectivity index (χ1v) is 6.53. The van der Waals surface area contributed by atoms with E-state index in [-0.39, 0.29) is 0 Å². The van der Waals surface area contributed by atoms with E-state index in [1.807, 2.05) is 0 Å². The van der Waals surface area contributed by atoms with Gasteiger partial charge in [-0.3, -0.25) is 11.3 Å². The quantitative estimate of drug-likeness (QED) is 0.614. The van der Waals surface area contributed by atoms with E-state index in [9.17, 15) is 0 Å². The number of hydrogen-bond donors (Lipinski definition) is 2. The van der Waals surface area contributed by atoms with Crippen molar-refractivity contribution in [3.63, 3.8) is 0 Å². The molecule has 1 saturated heterocycles. The summed E-state index contributed by atoms with van der Waals surface area (Å²) in [7, 11) is 0. The summed E-state index contributed by atoms with van der Waals surface area (Å²) < 4.78 is 5.75. The van der Waals surface area contributed by atoms with Gasteiger partial charge in [-0.25, -0.2) is 0 Å². The van der Waals surface area contributed by atoms with Crippen LogP contribution >= 0.6 is 0 Å². The van der Waals surface area contributed by atoms with Gasteiger partial charge < -0.3 is 4.74 Å². The van der Waals surface area contributed by atoms with Crippen LogP contribution in [0.1, 0.15) is 30.7 Å². The van der Waals surface area contributed by atoms with Gasteiger partial charge in [0.2, 0.25) is 0 Å². The predicted molar refractivity (Wildman–Crippen MR) is 67.4 cm³/mol. The second kappa shape index (κ2) is 4.77. The fourth-order valence-electron chi connectivity index (χ4n) is 3.09. The lowest BCUT2D eigenvalue weighted by Gasteiger charge is -2.22. The average molecular weight is 232 g/mol. The van der Waals surface area contributed by atoms with Crippen molar-refractivity contribution in [3.05, 3.63) is 35.9 Å². The van der Waals surface area contributed by atoms with E-state index < -0.39 is 0 Å². The number of hydrazine groups is 1. The van der Waals surface area contributed by atoms with Gasteiger partial charge in [0.1, 0.15) is 0 Å². The maximum absolute atomic E-state index is 5.75. The number of nitrogens with two attached hydrogens (primary N) is 1. The molecule has 0 spiro atoms. The van der Waals surface area contributed by atoms with Crippen molar-refractivity contribution in [2.45, 2.75) is 37.3 Å². The molecule has 17 heavy (non-hydrogen) atoms. The van der Waals surface area contributed by atoms with Gasteiger partial charge in [0.05, 0.1) is 12.1 Å². The molecule has 4 unspecified atom stereocenters. The molecule has 0 radical (unpaired) electrons. The molecular weight excluding hydrogens is 212 g/mol. The Hall–Kier alpha value is -0.900. The molecule has 1 heterocycles. The molecular formula is C14H20N2O. The van der Waals surface area contributed by atoms with E-state index in [4.69, 9.17) is 10.6 Å². The van der Waals surface area contributed by atoms with Crippen LogP contribution in [0.3, 0.4) is 0 Å². The van der Waals surface area contributed by atoms with Crippen LogP contribution in [0.25, 0.3) is 0 Å². The van der Waals surface area contributed by atoms with Gasteiger partial charge in [-0.1, -0.05) is 30.3 Å². The molecule has 2 aliphatic rings. The summed E-state index contributed by atoms with van der Waals surface area (Å²) in [5, 5.41) is 0. The monoisotopic (exact) mass is 232 g/mol. The Labute approximate surface area is 102 Å². The van der Waals surface area contributed by atoms with E-state index in [2.05, 4.69) is 35.8 Å². The molecule has 0 aromatic heterocycles. The number of rotatable bonds is 4. The van der Waals surface area contributed by atoms with Gasteiger partial charge in [-0.2, -0.15) is 0 Å². The predicted octanol–water partition coefficient (Wildman–Crippen LogP) is 1.80. The van der Waals surface area contributed by atoms with Crippen molar-refractivity contribution in [2.75, 3.05) is 6.61 Å². The third-order valence-corrected chi connectivity index (χ3v) is 4.09. The molecule has 3 rings (SSSR count). The molecule has 1 aromatic rings. The summed E-state index contributed by atoms with van der Waals surface area (Å²) in [4.78, 5) is 0. The van der Waals surface area contributed by atoms with Crippen LogP contribution in [0.4, 0.5) is 0 Å². The van der Waals surface area contributed by atoms with Gasteiger partial charge in [0.25, 0.3) is 0 Å². The second-order valence-electron chi connectivity index (χ2n) is 5.16. The molecule has 2 fully saturated rings. The summed E-state index contributed by atoms with van der Waals surface area (Å²) in [5.41, 5.74) is 4.42. The Kier molecular flexibility index (Phi) is 3.14. The third-order valence-electron chi connectivity index (χ3n) is 4.09. The van der Waals surface area contributed by atoms with Gasteiger partial charge in [0, 0.05) is 6.61 Å². The van der Waals surface area contributed by atoms with Crippen molar-refractivity contribution < 1.29 is 4.74 Å². The molecule has 3 nitrogen and oxygen atoms in total. The van der Waals surface area contributed by atoms with Crippen LogP contribution in [0.15, 0.2) is 30.3 Å². The maximum atomic E-state index is 5.75. The van der Waals surface area contributed by atoms with Crippen molar-refractivity contribution in [1.29, 1.82) is 0 Å². The van der Waals surface area contributed by atoms with Crippen LogP contribution in [-0.2, 0) is 4.74 Å². The fourth-order valence-corrected chi connectivity index (χ4v) is 3.09. The normalized spacial score (nSPS) is 33.6. The molecule has 3 N–H and O–H groups in total. The molecule has 3 heteroatoms. The molecule has 0 amide bonds. The van der Waals surface area contributed by atoms with Crippen molar-refractivity contribution in [3.8, 4) is 0 Å². The van der Waals surface area contributed by atoms with Crippen LogP contribution in [0.5, 0.6) is 0 Å². The second-order valence-corrected chi connectivity index (χ2v) is 5.16. The number of benzene rings is 1. The van der Waals surface area contributed by atoms with Crippen LogP contribution < -0.4 is 11.3 Å². The topological polar surface area (TPSA) is 47.3 Å². The molecule has 1 saturated carbocycles. The van der Waals surface area contributed by atoms with Crippen molar-refractivity contribution in [2.24, 2.45) is 11.8 Å². The molecule has 1 aromatic carbocycles. The summed E-state index contributed by atoms with van der Waals surface area (Å²) >= 11 is 0. The minimum Gasteiger partial charge on any atom is -0.377 e. The maximum Gasteiger partial charge on any atom is 0.0745 e. The van der Waals surface area contributed by atoms with E-state index in [0.29, 0.717) is 24.0 Å². The first-order valence-electron chi connectivity index (χ1n) is 6.53. The zero-order valence-electron chi connectivity index (χ0n) is 10.0. The lowest BCUT2D eigenvalue weighted by atomic mass is 10.00. The molecule has 1 aliphatic heterocycles. The third kappa shape index (κ3) is 2.23. The van der Waals surface area contributed by atoms with Gasteiger partial charge >= 0.3 is 0 Å². The SMILES string of the molecule is NNC(C1CCCO1)C1CC1c1ccccc1. The lowest BCUT2D eigenvalue weighted by molar-refractivity contribution is 0.0707. The highest BCUT2D eigenvalue weighted by atomic mass is 16.5. The molecule has 0 bridgehead atoms. The Morgan fingerprint density at radius 1 is 1.29 bits per heavy atom. The summed E-state index contributed by atoms with van der Waals surface area (Å²) in [5.74, 6) is 7.02. The average Bonchev–Trinajstić information content (AvgIpc) is 2.97. The van der Waals surface area contributed by atoms with E-state index >= 15 is 0 Å². The fraction of sp³-hybridized carbons (Fsp3) is 0.571. The van der Waals surface area contributed by atoms with Gasteiger partial charge in [-0.05, 0) is 36.7 Å². The summed E-state index contributed by atoms with van der Waals surface area (Å²) in [6.45, 7) is 0.894. The Bertz CT molecular complexity index is 362. The Morgan fingerprint density at radius 3 is 2.76 bits per heavy atom. The standard InChI is InChI=1S/C14H20N2O/c15-16-14(13-7-4-8-17-13)12-9-11(12)10-5-2-1-3-6-10/h1-3,5-6,11-14,16H,4,7-9,15H2. The van der Waals surface area contributed by atoms with Gasteiger partial charge in [0.15, 0.2) is 0 Å². The molecule has 92 valence electrons. The highest BCUT2D eigenvalue weighted by molar-refractivity contribution is 5.27. The minimum absolute atomic E-state index is 0.318. The van der Waals surface area contributed by atoms with E-state index in [1.54, 1.807) is 0 Å².